The maximum atomic E-state index is 9.86. The molecule has 1 aromatic heterocycles. The van der Waals surface area contributed by atoms with E-state index in [2.05, 4.69) is 25.9 Å². The lowest BCUT2D eigenvalue weighted by Gasteiger charge is -2.15. The van der Waals surface area contributed by atoms with E-state index < -0.39 is 12.2 Å². The van der Waals surface area contributed by atoms with Gasteiger partial charge in [-0.1, -0.05) is 33.6 Å². The Balaban J connectivity index is 2.43. The van der Waals surface area contributed by atoms with Crippen LogP contribution in [0, 0.1) is 0 Å². The van der Waals surface area contributed by atoms with Gasteiger partial charge in [-0.25, -0.2) is 4.98 Å². The summed E-state index contributed by atoms with van der Waals surface area (Å²) < 4.78 is 0. The molecule has 0 aliphatic rings. The van der Waals surface area contributed by atoms with Gasteiger partial charge in [-0.2, -0.15) is 0 Å². The van der Waals surface area contributed by atoms with Crippen LogP contribution in [0.15, 0.2) is 24.4 Å². The van der Waals surface area contributed by atoms with Gasteiger partial charge < -0.3 is 10.2 Å². The third-order valence-corrected chi connectivity index (χ3v) is 3.25. The van der Waals surface area contributed by atoms with E-state index in [1.165, 1.54) is 6.20 Å². The minimum absolute atomic E-state index is 0.296. The van der Waals surface area contributed by atoms with Crippen LogP contribution in [0.4, 0.5) is 0 Å². The number of hydrogen-bond acceptors (Lipinski definition) is 4. The second-order valence-corrected chi connectivity index (χ2v) is 4.64. The van der Waals surface area contributed by atoms with Gasteiger partial charge in [0.25, 0.3) is 0 Å². The molecule has 0 spiro atoms. The first kappa shape index (κ1) is 12.7. The summed E-state index contributed by atoms with van der Waals surface area (Å²) >= 11 is 8.86. The van der Waals surface area contributed by atoms with Crippen LogP contribution in [0.25, 0.3) is 11.0 Å². The highest BCUT2D eigenvalue weighted by Crippen LogP contribution is 2.22. The highest BCUT2D eigenvalue weighted by atomic mass is 79.9. The fourth-order valence-electron chi connectivity index (χ4n) is 1.50. The van der Waals surface area contributed by atoms with Gasteiger partial charge >= 0.3 is 0 Å². The van der Waals surface area contributed by atoms with E-state index in [-0.39, 0.29) is 0 Å². The van der Waals surface area contributed by atoms with Crippen molar-refractivity contribution in [1.82, 2.24) is 9.97 Å². The zero-order chi connectivity index (χ0) is 12.4. The van der Waals surface area contributed by atoms with Gasteiger partial charge in [-0.3, -0.25) is 4.98 Å². The SMILES string of the molecule is OC(CBr)C(O)c1ccc2ncc(Cl)nc2c1. The van der Waals surface area contributed by atoms with Crippen molar-refractivity contribution in [1.29, 1.82) is 0 Å². The number of aromatic nitrogens is 2. The Kier molecular flexibility index (Phi) is 3.93. The van der Waals surface area contributed by atoms with Crippen LogP contribution >= 0.6 is 27.5 Å². The molecule has 0 saturated heterocycles. The monoisotopic (exact) mass is 316 g/mol. The molecule has 0 fully saturated rings. The molecule has 2 N–H and O–H groups in total. The van der Waals surface area contributed by atoms with Crippen molar-refractivity contribution in [2.45, 2.75) is 12.2 Å². The Bertz CT molecular complexity index is 538. The average Bonchev–Trinajstić information content (AvgIpc) is 2.36. The number of hydrogen-bond donors (Lipinski definition) is 2. The molecule has 90 valence electrons. The predicted octanol–water partition coefficient (Wildman–Crippen LogP) is 2.07. The maximum Gasteiger partial charge on any atom is 0.148 e. The van der Waals surface area contributed by atoms with Crippen LogP contribution in [0.2, 0.25) is 5.15 Å². The van der Waals surface area contributed by atoms with E-state index in [1.807, 2.05) is 0 Å². The van der Waals surface area contributed by atoms with Crippen molar-refractivity contribution < 1.29 is 10.2 Å². The Morgan fingerprint density at radius 1 is 1.29 bits per heavy atom. The van der Waals surface area contributed by atoms with Crippen molar-refractivity contribution in [2.24, 2.45) is 0 Å². The van der Waals surface area contributed by atoms with Gasteiger partial charge in [-0.05, 0) is 17.7 Å². The summed E-state index contributed by atoms with van der Waals surface area (Å²) in [5, 5.41) is 20.0. The number of alkyl halides is 1. The van der Waals surface area contributed by atoms with Crippen LogP contribution in [0.5, 0.6) is 0 Å². The lowest BCUT2D eigenvalue weighted by atomic mass is 10.0. The molecule has 0 amide bonds. The van der Waals surface area contributed by atoms with Gasteiger partial charge in [0.1, 0.15) is 11.3 Å². The molecule has 6 heteroatoms. The van der Waals surface area contributed by atoms with E-state index >= 15 is 0 Å². The number of fused-ring (bicyclic) bond motifs is 1. The summed E-state index contributed by atoms with van der Waals surface area (Å²) in [5.41, 5.74) is 1.87. The minimum atomic E-state index is -0.959. The average molecular weight is 318 g/mol. The quantitative estimate of drug-likeness (QED) is 0.851. The number of nitrogens with zero attached hydrogens (tertiary/aromatic N) is 2. The first-order valence-electron chi connectivity index (χ1n) is 4.96. The number of aliphatic hydroxyl groups excluding tert-OH is 2. The normalized spacial score (nSPS) is 14.8. The van der Waals surface area contributed by atoms with E-state index in [0.717, 1.165) is 0 Å². The molecule has 2 unspecified atom stereocenters. The third-order valence-electron chi connectivity index (χ3n) is 2.40. The van der Waals surface area contributed by atoms with Crippen molar-refractivity contribution in [3.05, 3.63) is 35.1 Å². The standard InChI is InChI=1S/C11H10BrClN2O2/c12-4-9(16)11(17)6-1-2-7-8(3-6)15-10(13)5-14-7/h1-3,5,9,11,16-17H,4H2. The fraction of sp³-hybridized carbons (Fsp3) is 0.273. The Hall–Kier alpha value is -0.750. The van der Waals surface area contributed by atoms with Gasteiger partial charge in [0.15, 0.2) is 0 Å². The topological polar surface area (TPSA) is 66.2 Å². The van der Waals surface area contributed by atoms with Crippen molar-refractivity contribution in [3.63, 3.8) is 0 Å². The molecule has 1 heterocycles. The lowest BCUT2D eigenvalue weighted by Crippen LogP contribution is -2.19. The van der Waals surface area contributed by atoms with Crippen LogP contribution < -0.4 is 0 Å². The molecule has 2 atom stereocenters. The molecule has 2 rings (SSSR count). The predicted molar refractivity (Wildman–Crippen MR) is 69.3 cm³/mol. The van der Waals surface area contributed by atoms with Crippen LogP contribution in [0.3, 0.4) is 0 Å². The van der Waals surface area contributed by atoms with Gasteiger partial charge in [-0.15, -0.1) is 0 Å². The van der Waals surface area contributed by atoms with E-state index in [4.69, 9.17) is 11.6 Å². The molecule has 0 saturated carbocycles. The first-order chi connectivity index (χ1) is 8.11. The third kappa shape index (κ3) is 2.74. The summed E-state index contributed by atoms with van der Waals surface area (Å²) in [4.78, 5) is 8.20. The molecule has 0 radical (unpaired) electrons. The molecule has 17 heavy (non-hydrogen) atoms. The number of halogens is 2. The van der Waals surface area contributed by atoms with Crippen molar-refractivity contribution in [3.8, 4) is 0 Å². The van der Waals surface area contributed by atoms with E-state index in [9.17, 15) is 10.2 Å². The second-order valence-electron chi connectivity index (χ2n) is 3.61. The summed E-state index contributed by atoms with van der Waals surface area (Å²) in [5.74, 6) is 0. The Morgan fingerprint density at radius 2 is 2.06 bits per heavy atom. The summed E-state index contributed by atoms with van der Waals surface area (Å²) in [7, 11) is 0. The lowest BCUT2D eigenvalue weighted by molar-refractivity contribution is 0.0343. The molecule has 2 aromatic rings. The van der Waals surface area contributed by atoms with E-state index in [0.29, 0.717) is 27.1 Å². The molecular formula is C11H10BrClN2O2. The molecule has 4 nitrogen and oxygen atoms in total. The fourth-order valence-corrected chi connectivity index (χ4v) is 1.99. The number of aliphatic hydroxyl groups is 2. The molecule has 0 aliphatic carbocycles. The molecule has 0 bridgehead atoms. The largest absolute Gasteiger partial charge is 0.389 e. The number of benzene rings is 1. The molecule has 1 aromatic carbocycles. The van der Waals surface area contributed by atoms with E-state index in [1.54, 1.807) is 18.2 Å². The second kappa shape index (κ2) is 5.27. The zero-order valence-corrected chi connectivity index (χ0v) is 11.1. The maximum absolute atomic E-state index is 9.86. The molecular weight excluding hydrogens is 307 g/mol. The van der Waals surface area contributed by atoms with Crippen LogP contribution in [-0.4, -0.2) is 31.6 Å². The van der Waals surface area contributed by atoms with Crippen LogP contribution in [-0.2, 0) is 0 Å². The smallest absolute Gasteiger partial charge is 0.148 e. The highest BCUT2D eigenvalue weighted by Gasteiger charge is 2.17. The zero-order valence-electron chi connectivity index (χ0n) is 8.72. The van der Waals surface area contributed by atoms with Gasteiger partial charge in [0, 0.05) is 5.33 Å². The Labute approximate surface area is 111 Å². The van der Waals surface area contributed by atoms with Crippen LogP contribution in [0.1, 0.15) is 11.7 Å². The summed E-state index contributed by atoms with van der Waals surface area (Å²) in [6, 6.07) is 5.12. The van der Waals surface area contributed by atoms with Gasteiger partial charge in [0.2, 0.25) is 0 Å². The molecule has 0 aliphatic heterocycles. The first-order valence-corrected chi connectivity index (χ1v) is 6.46. The number of rotatable bonds is 3. The van der Waals surface area contributed by atoms with Crippen molar-refractivity contribution in [2.75, 3.05) is 5.33 Å². The Morgan fingerprint density at radius 3 is 2.76 bits per heavy atom. The summed E-state index contributed by atoms with van der Waals surface area (Å²) in [6.45, 7) is 0. The van der Waals surface area contributed by atoms with Gasteiger partial charge in [0.05, 0.1) is 23.3 Å². The minimum Gasteiger partial charge on any atom is -0.389 e. The van der Waals surface area contributed by atoms with Crippen molar-refractivity contribution >= 4 is 38.6 Å². The summed E-state index contributed by atoms with van der Waals surface area (Å²) in [6.07, 6.45) is -0.355. The highest BCUT2D eigenvalue weighted by molar-refractivity contribution is 9.09.